The first kappa shape index (κ1) is 8.54. The van der Waals surface area contributed by atoms with Crippen molar-refractivity contribution in [3.05, 3.63) is 39.2 Å². The first-order valence-corrected chi connectivity index (χ1v) is 4.13. The number of hydrogen-bond donors (Lipinski definition) is 3. The minimum Gasteiger partial charge on any atom is -0.349 e. The van der Waals surface area contributed by atoms with Gasteiger partial charge in [0.25, 0.3) is 0 Å². The number of aryl methyl sites for hydroxylation is 1. The number of nitrogens with one attached hydrogen (secondary N) is 3. The normalized spacial score (nSPS) is 10.6. The molecule has 2 heterocycles. The molecule has 0 aliphatic rings. The maximum Gasteiger partial charge on any atom is 0.344 e. The Hall–Kier alpha value is -2.05. The van der Waals surface area contributed by atoms with Gasteiger partial charge >= 0.3 is 11.4 Å². The molecule has 0 spiro atoms. The number of aromatic amines is 3. The standard InChI is InChI=1S/C7H9N5O2/c13-6-10-11-7(14)12(6)4-1-5-8-2-3-9-5/h2-3H,1,4H2,(H,8,9)(H,10,13)(H,11,14). The summed E-state index contributed by atoms with van der Waals surface area (Å²) in [6.07, 6.45) is 3.84. The van der Waals surface area contributed by atoms with Gasteiger partial charge in [0.15, 0.2) is 0 Å². The van der Waals surface area contributed by atoms with Gasteiger partial charge in [-0.3, -0.25) is 0 Å². The van der Waals surface area contributed by atoms with Crippen LogP contribution >= 0.6 is 0 Å². The van der Waals surface area contributed by atoms with Crippen LogP contribution in [0.15, 0.2) is 22.0 Å². The van der Waals surface area contributed by atoms with E-state index in [0.717, 1.165) is 10.4 Å². The Kier molecular flexibility index (Phi) is 2.05. The Morgan fingerprint density at radius 1 is 1.29 bits per heavy atom. The number of hydrogen-bond acceptors (Lipinski definition) is 3. The van der Waals surface area contributed by atoms with Crippen molar-refractivity contribution >= 4 is 0 Å². The number of imidazole rings is 1. The third-order valence-corrected chi connectivity index (χ3v) is 1.89. The van der Waals surface area contributed by atoms with Crippen LogP contribution in [-0.2, 0) is 13.0 Å². The van der Waals surface area contributed by atoms with E-state index in [1.807, 2.05) is 0 Å². The molecule has 0 radical (unpaired) electrons. The minimum atomic E-state index is -0.429. The van der Waals surface area contributed by atoms with E-state index in [1.165, 1.54) is 0 Å². The summed E-state index contributed by atoms with van der Waals surface area (Å²) in [5.41, 5.74) is -0.858. The van der Waals surface area contributed by atoms with Crippen LogP contribution in [0.1, 0.15) is 5.82 Å². The average molecular weight is 195 g/mol. The van der Waals surface area contributed by atoms with Crippen molar-refractivity contribution < 1.29 is 0 Å². The summed E-state index contributed by atoms with van der Waals surface area (Å²) in [6.45, 7) is 0.311. The summed E-state index contributed by atoms with van der Waals surface area (Å²) in [5.74, 6) is 0.748. The number of nitrogens with zero attached hydrogens (tertiary/aromatic N) is 2. The van der Waals surface area contributed by atoms with Crippen LogP contribution in [0.3, 0.4) is 0 Å². The van der Waals surface area contributed by atoms with Crippen molar-refractivity contribution in [3.63, 3.8) is 0 Å². The summed E-state index contributed by atoms with van der Waals surface area (Å²) in [7, 11) is 0. The highest BCUT2D eigenvalue weighted by Crippen LogP contribution is 1.90. The molecule has 7 heteroatoms. The first-order valence-electron chi connectivity index (χ1n) is 4.13. The Labute approximate surface area is 77.8 Å². The first-order chi connectivity index (χ1) is 6.77. The molecule has 0 saturated carbocycles. The van der Waals surface area contributed by atoms with Gasteiger partial charge in [0.2, 0.25) is 0 Å². The molecule has 0 atom stereocenters. The van der Waals surface area contributed by atoms with Gasteiger partial charge < -0.3 is 4.98 Å². The quantitative estimate of drug-likeness (QED) is 0.575. The molecule has 0 bridgehead atoms. The van der Waals surface area contributed by atoms with E-state index in [9.17, 15) is 9.59 Å². The molecule has 7 nitrogen and oxygen atoms in total. The van der Waals surface area contributed by atoms with Crippen LogP contribution in [0.2, 0.25) is 0 Å². The lowest BCUT2D eigenvalue weighted by Crippen LogP contribution is -2.27. The van der Waals surface area contributed by atoms with Crippen LogP contribution < -0.4 is 11.4 Å². The highest BCUT2D eigenvalue weighted by molar-refractivity contribution is 4.87. The fourth-order valence-electron chi connectivity index (χ4n) is 1.19. The number of H-pyrrole nitrogens is 3. The molecular formula is C7H9N5O2. The van der Waals surface area contributed by atoms with Gasteiger partial charge in [0, 0.05) is 25.4 Å². The molecule has 0 saturated heterocycles. The zero-order valence-corrected chi connectivity index (χ0v) is 7.28. The van der Waals surface area contributed by atoms with E-state index < -0.39 is 11.4 Å². The SMILES string of the molecule is O=c1[nH][nH]c(=O)n1CCc1ncc[nH]1. The molecule has 74 valence electrons. The topological polar surface area (TPSA) is 99.3 Å². The molecule has 2 aromatic heterocycles. The summed E-state index contributed by atoms with van der Waals surface area (Å²) >= 11 is 0. The van der Waals surface area contributed by atoms with Gasteiger partial charge in [-0.05, 0) is 0 Å². The van der Waals surface area contributed by atoms with E-state index in [4.69, 9.17) is 0 Å². The zero-order chi connectivity index (χ0) is 9.97. The van der Waals surface area contributed by atoms with E-state index in [0.29, 0.717) is 13.0 Å². The molecule has 14 heavy (non-hydrogen) atoms. The summed E-state index contributed by atoms with van der Waals surface area (Å²) in [5, 5.41) is 4.41. The molecule has 0 aliphatic heterocycles. The zero-order valence-electron chi connectivity index (χ0n) is 7.28. The van der Waals surface area contributed by atoms with Crippen molar-refractivity contribution in [2.24, 2.45) is 0 Å². The van der Waals surface area contributed by atoms with Crippen molar-refractivity contribution in [2.75, 3.05) is 0 Å². The Balaban J connectivity index is 2.13. The average Bonchev–Trinajstić information content (AvgIpc) is 2.76. The molecular weight excluding hydrogens is 186 g/mol. The van der Waals surface area contributed by atoms with Crippen LogP contribution in [0.4, 0.5) is 0 Å². The van der Waals surface area contributed by atoms with Crippen LogP contribution in [-0.4, -0.2) is 24.7 Å². The fourth-order valence-corrected chi connectivity index (χ4v) is 1.19. The lowest BCUT2D eigenvalue weighted by atomic mass is 10.4. The molecule has 0 amide bonds. The summed E-state index contributed by atoms with van der Waals surface area (Å²) in [6, 6.07) is 0. The van der Waals surface area contributed by atoms with E-state index in [1.54, 1.807) is 12.4 Å². The van der Waals surface area contributed by atoms with E-state index in [-0.39, 0.29) is 0 Å². The molecule has 2 rings (SSSR count). The molecule has 0 aromatic carbocycles. The van der Waals surface area contributed by atoms with E-state index in [2.05, 4.69) is 20.2 Å². The lowest BCUT2D eigenvalue weighted by Gasteiger charge is -1.95. The van der Waals surface area contributed by atoms with Gasteiger partial charge in [0.05, 0.1) is 0 Å². The highest BCUT2D eigenvalue weighted by Gasteiger charge is 2.03. The number of rotatable bonds is 3. The smallest absolute Gasteiger partial charge is 0.344 e. The molecule has 0 unspecified atom stereocenters. The van der Waals surface area contributed by atoms with Gasteiger partial charge in [-0.25, -0.2) is 29.3 Å². The third kappa shape index (κ3) is 1.51. The molecule has 0 fully saturated rings. The fraction of sp³-hybridized carbons (Fsp3) is 0.286. The van der Waals surface area contributed by atoms with Crippen LogP contribution in [0.25, 0.3) is 0 Å². The molecule has 3 N–H and O–H groups in total. The van der Waals surface area contributed by atoms with E-state index >= 15 is 0 Å². The highest BCUT2D eigenvalue weighted by atomic mass is 16.2. The van der Waals surface area contributed by atoms with Crippen LogP contribution in [0, 0.1) is 0 Å². The summed E-state index contributed by atoms with van der Waals surface area (Å²) < 4.78 is 1.09. The van der Waals surface area contributed by atoms with Gasteiger partial charge in [0.1, 0.15) is 5.82 Å². The van der Waals surface area contributed by atoms with Crippen molar-refractivity contribution in [3.8, 4) is 0 Å². The third-order valence-electron chi connectivity index (χ3n) is 1.89. The lowest BCUT2D eigenvalue weighted by molar-refractivity contribution is 0.635. The van der Waals surface area contributed by atoms with Gasteiger partial charge in [-0.15, -0.1) is 0 Å². The Morgan fingerprint density at radius 3 is 2.57 bits per heavy atom. The summed E-state index contributed by atoms with van der Waals surface area (Å²) in [4.78, 5) is 29.0. The van der Waals surface area contributed by atoms with Crippen molar-refractivity contribution in [1.29, 1.82) is 0 Å². The Morgan fingerprint density at radius 2 is 2.00 bits per heavy atom. The monoisotopic (exact) mass is 195 g/mol. The maximum atomic E-state index is 11.0. The number of aromatic nitrogens is 5. The predicted molar refractivity (Wildman–Crippen MR) is 48.0 cm³/mol. The van der Waals surface area contributed by atoms with Gasteiger partial charge in [-0.1, -0.05) is 0 Å². The second-order valence-electron chi connectivity index (χ2n) is 2.80. The second-order valence-corrected chi connectivity index (χ2v) is 2.80. The predicted octanol–water partition coefficient (Wildman–Crippen LogP) is -1.17. The minimum absolute atomic E-state index is 0.311. The van der Waals surface area contributed by atoms with Crippen molar-refractivity contribution in [1.82, 2.24) is 24.7 Å². The van der Waals surface area contributed by atoms with Gasteiger partial charge in [-0.2, -0.15) is 0 Å². The molecule has 2 aromatic rings. The van der Waals surface area contributed by atoms with Crippen molar-refractivity contribution in [2.45, 2.75) is 13.0 Å². The Bertz CT molecular complexity index is 475. The maximum absolute atomic E-state index is 11.0. The second kappa shape index (κ2) is 3.36. The van der Waals surface area contributed by atoms with Crippen LogP contribution in [0.5, 0.6) is 0 Å². The largest absolute Gasteiger partial charge is 0.349 e. The molecule has 0 aliphatic carbocycles.